The Morgan fingerprint density at radius 1 is 1.03 bits per heavy atom. The fraction of sp³-hybridized carbons (Fsp3) is 0.280. The molecule has 1 aliphatic rings. The maximum Gasteiger partial charge on any atom is 0.158 e. The number of rotatable bonds is 7. The van der Waals surface area contributed by atoms with Gasteiger partial charge in [-0.15, -0.1) is 11.3 Å². The lowest BCUT2D eigenvalue weighted by molar-refractivity contribution is 0.122. The van der Waals surface area contributed by atoms with E-state index in [0.29, 0.717) is 19.0 Å². The molecule has 0 atom stereocenters. The third-order valence-corrected chi connectivity index (χ3v) is 6.50. The predicted octanol–water partition coefficient (Wildman–Crippen LogP) is 4.95. The molecule has 1 aliphatic heterocycles. The van der Waals surface area contributed by atoms with Crippen molar-refractivity contribution in [3.05, 3.63) is 71.4 Å². The third kappa shape index (κ3) is 4.32. The molecule has 0 radical (unpaired) electrons. The largest absolute Gasteiger partial charge is 0.378 e. The third-order valence-electron chi connectivity index (χ3n) is 5.63. The number of benzene rings is 2. The molecule has 2 aromatic heterocycles. The molecule has 0 bridgehead atoms. The van der Waals surface area contributed by atoms with E-state index in [1.54, 1.807) is 18.4 Å². The predicted molar refractivity (Wildman–Crippen MR) is 130 cm³/mol. The van der Waals surface area contributed by atoms with Crippen LogP contribution in [0.4, 0.5) is 11.5 Å². The van der Waals surface area contributed by atoms with Crippen LogP contribution in [0.25, 0.3) is 21.3 Å². The first-order valence-electron chi connectivity index (χ1n) is 10.8. The number of methoxy groups -OCH3 is 1. The average molecular weight is 447 g/mol. The standard InChI is InChI=1S/C25H26N4O2S/c1-30-16-22-27-24(23-20(17-32-25(23)28-22)18-7-3-2-4-8-18)26-15-19-9-5-6-10-21(19)29-11-13-31-14-12-29/h2-10,17H,11-16H2,1H3,(H,26,27,28). The van der Waals surface area contributed by atoms with E-state index in [1.165, 1.54) is 16.8 Å². The minimum absolute atomic E-state index is 0.382. The monoisotopic (exact) mass is 446 g/mol. The van der Waals surface area contributed by atoms with Gasteiger partial charge in [0.05, 0.1) is 18.6 Å². The number of nitrogens with zero attached hydrogens (tertiary/aromatic N) is 3. The van der Waals surface area contributed by atoms with Gasteiger partial charge in [0.15, 0.2) is 5.82 Å². The van der Waals surface area contributed by atoms with Gasteiger partial charge < -0.3 is 19.7 Å². The normalized spacial score (nSPS) is 14.1. The summed E-state index contributed by atoms with van der Waals surface area (Å²) in [5, 5.41) is 6.85. The lowest BCUT2D eigenvalue weighted by atomic mass is 10.1. The van der Waals surface area contributed by atoms with Gasteiger partial charge in [-0.3, -0.25) is 0 Å². The van der Waals surface area contributed by atoms with Crippen LogP contribution >= 0.6 is 11.3 Å². The van der Waals surface area contributed by atoms with Crippen molar-refractivity contribution < 1.29 is 9.47 Å². The van der Waals surface area contributed by atoms with Gasteiger partial charge in [0.1, 0.15) is 17.3 Å². The van der Waals surface area contributed by atoms with Crippen molar-refractivity contribution in [2.75, 3.05) is 43.6 Å². The highest BCUT2D eigenvalue weighted by atomic mass is 32.1. The highest BCUT2D eigenvalue weighted by Crippen LogP contribution is 2.37. The summed E-state index contributed by atoms with van der Waals surface area (Å²) in [6.45, 7) is 4.42. The number of morpholine rings is 1. The number of hydrogen-bond acceptors (Lipinski definition) is 7. The first-order chi connectivity index (χ1) is 15.8. The van der Waals surface area contributed by atoms with Crippen molar-refractivity contribution in [3.63, 3.8) is 0 Å². The number of thiophene rings is 1. The Morgan fingerprint density at radius 2 is 1.81 bits per heavy atom. The zero-order valence-corrected chi connectivity index (χ0v) is 18.9. The quantitative estimate of drug-likeness (QED) is 0.433. The molecule has 0 aliphatic carbocycles. The van der Waals surface area contributed by atoms with Crippen molar-refractivity contribution in [1.29, 1.82) is 0 Å². The van der Waals surface area contributed by atoms with E-state index < -0.39 is 0 Å². The zero-order valence-electron chi connectivity index (χ0n) is 18.1. The molecule has 3 heterocycles. The molecule has 0 spiro atoms. The number of nitrogens with one attached hydrogen (secondary N) is 1. The van der Waals surface area contributed by atoms with Gasteiger partial charge >= 0.3 is 0 Å². The Bertz CT molecular complexity index is 1190. The van der Waals surface area contributed by atoms with E-state index in [0.717, 1.165) is 47.9 Å². The molecule has 164 valence electrons. The Morgan fingerprint density at radius 3 is 2.62 bits per heavy atom. The number of hydrogen-bond donors (Lipinski definition) is 1. The summed E-state index contributed by atoms with van der Waals surface area (Å²) in [5.41, 5.74) is 4.81. The molecule has 1 N–H and O–H groups in total. The molecule has 5 rings (SSSR count). The summed E-state index contributed by atoms with van der Waals surface area (Å²) in [6, 6.07) is 19.0. The van der Waals surface area contributed by atoms with Crippen LogP contribution in [-0.2, 0) is 22.6 Å². The highest BCUT2D eigenvalue weighted by molar-refractivity contribution is 7.17. The van der Waals surface area contributed by atoms with Crippen molar-refractivity contribution in [2.45, 2.75) is 13.2 Å². The van der Waals surface area contributed by atoms with Crippen LogP contribution in [0.1, 0.15) is 11.4 Å². The second kappa shape index (κ2) is 9.65. The molecular weight excluding hydrogens is 420 g/mol. The number of ether oxygens (including phenoxy) is 2. The number of anilines is 2. The van der Waals surface area contributed by atoms with Crippen LogP contribution in [0.5, 0.6) is 0 Å². The minimum Gasteiger partial charge on any atom is -0.378 e. The van der Waals surface area contributed by atoms with E-state index in [1.807, 2.05) is 6.07 Å². The van der Waals surface area contributed by atoms with Crippen molar-refractivity contribution in [3.8, 4) is 11.1 Å². The van der Waals surface area contributed by atoms with Gasteiger partial charge in [-0.25, -0.2) is 9.97 Å². The fourth-order valence-corrected chi connectivity index (χ4v) is 5.06. The van der Waals surface area contributed by atoms with E-state index >= 15 is 0 Å². The zero-order chi connectivity index (χ0) is 21.8. The molecule has 2 aromatic carbocycles. The smallest absolute Gasteiger partial charge is 0.158 e. The minimum atomic E-state index is 0.382. The van der Waals surface area contributed by atoms with E-state index in [2.05, 4.69) is 64.1 Å². The van der Waals surface area contributed by atoms with Gasteiger partial charge in [-0.05, 0) is 17.2 Å². The lowest BCUT2D eigenvalue weighted by Gasteiger charge is -2.30. The molecule has 1 saturated heterocycles. The molecule has 0 unspecified atom stereocenters. The maximum absolute atomic E-state index is 5.54. The summed E-state index contributed by atoms with van der Waals surface area (Å²) < 4.78 is 10.9. The van der Waals surface area contributed by atoms with Gasteiger partial charge in [-0.1, -0.05) is 48.5 Å². The molecule has 4 aromatic rings. The SMILES string of the molecule is COCc1nc(NCc2ccccc2N2CCOCC2)c2c(-c3ccccc3)csc2n1. The first kappa shape index (κ1) is 20.9. The maximum atomic E-state index is 5.54. The highest BCUT2D eigenvalue weighted by Gasteiger charge is 2.17. The van der Waals surface area contributed by atoms with Crippen LogP contribution in [0.15, 0.2) is 60.0 Å². The molecule has 1 fully saturated rings. The summed E-state index contributed by atoms with van der Waals surface area (Å²) in [6.07, 6.45) is 0. The Labute approximate surface area is 191 Å². The Kier molecular flexibility index (Phi) is 6.29. The molecule has 32 heavy (non-hydrogen) atoms. The fourth-order valence-electron chi connectivity index (χ4n) is 4.09. The van der Waals surface area contributed by atoms with Gasteiger partial charge in [0, 0.05) is 43.4 Å². The van der Waals surface area contributed by atoms with Crippen molar-refractivity contribution in [1.82, 2.24) is 9.97 Å². The van der Waals surface area contributed by atoms with Crippen LogP contribution < -0.4 is 10.2 Å². The summed E-state index contributed by atoms with van der Waals surface area (Å²) >= 11 is 1.64. The van der Waals surface area contributed by atoms with Gasteiger partial charge in [-0.2, -0.15) is 0 Å². The summed E-state index contributed by atoms with van der Waals surface area (Å²) in [4.78, 5) is 12.9. The van der Waals surface area contributed by atoms with Crippen molar-refractivity contribution in [2.24, 2.45) is 0 Å². The van der Waals surface area contributed by atoms with Crippen LogP contribution in [0.3, 0.4) is 0 Å². The Hall–Kier alpha value is -3.00. The molecule has 0 amide bonds. The molecule has 6 nitrogen and oxygen atoms in total. The first-order valence-corrected chi connectivity index (χ1v) is 11.7. The second-order valence-corrected chi connectivity index (χ2v) is 8.56. The molecule has 0 saturated carbocycles. The average Bonchev–Trinajstić information content (AvgIpc) is 3.28. The number of para-hydroxylation sites is 1. The van der Waals surface area contributed by atoms with Crippen molar-refractivity contribution >= 4 is 33.1 Å². The van der Waals surface area contributed by atoms with E-state index in [4.69, 9.17) is 19.4 Å². The van der Waals surface area contributed by atoms with Crippen LogP contribution in [0.2, 0.25) is 0 Å². The summed E-state index contributed by atoms with van der Waals surface area (Å²) in [7, 11) is 1.67. The molecule has 7 heteroatoms. The summed E-state index contributed by atoms with van der Waals surface area (Å²) in [5.74, 6) is 1.53. The topological polar surface area (TPSA) is 59.5 Å². The number of aromatic nitrogens is 2. The van der Waals surface area contributed by atoms with Crippen LogP contribution in [-0.4, -0.2) is 43.4 Å². The van der Waals surface area contributed by atoms with Gasteiger partial charge in [0.2, 0.25) is 0 Å². The van der Waals surface area contributed by atoms with E-state index in [9.17, 15) is 0 Å². The molecular formula is C25H26N4O2S. The van der Waals surface area contributed by atoms with Crippen LogP contribution in [0, 0.1) is 0 Å². The lowest BCUT2D eigenvalue weighted by Crippen LogP contribution is -2.36. The van der Waals surface area contributed by atoms with E-state index in [-0.39, 0.29) is 0 Å². The Balaban J connectivity index is 1.50. The second-order valence-electron chi connectivity index (χ2n) is 7.70. The van der Waals surface area contributed by atoms with Gasteiger partial charge in [0.25, 0.3) is 0 Å². The number of fused-ring (bicyclic) bond motifs is 1.